The summed E-state index contributed by atoms with van der Waals surface area (Å²) in [7, 11) is 0. The van der Waals surface area contributed by atoms with Crippen molar-refractivity contribution >= 4 is 65.7 Å². The van der Waals surface area contributed by atoms with Crippen molar-refractivity contribution in [2.75, 3.05) is 0 Å². The standard InChI is InChI=1S/C62H42N2/c1-2-3-6-19-41-20-17-27-47(38-41)58-51-30-13-14-31-52(51)59(50-32-18-26-42-21-11-12-28-48(42)50)53-36-34-46(40-56(53)58)45-35-37-54-55(39-45)49-29-15-16-33-57(49)64-61(44-24-9-5-10-25-44)60(63-62(54)64)43-22-7-4-8-23-43/h2-40H,1H3/b3-2-,19-6-. The average molecular weight is 815 g/mol. The van der Waals surface area contributed by atoms with Crippen LogP contribution in [0, 0.1) is 0 Å². The highest BCUT2D eigenvalue weighted by Gasteiger charge is 2.22. The molecule has 300 valence electrons. The van der Waals surface area contributed by atoms with Crippen LogP contribution in [0.15, 0.2) is 231 Å². The van der Waals surface area contributed by atoms with E-state index in [9.17, 15) is 0 Å². The Morgan fingerprint density at radius 1 is 0.391 bits per heavy atom. The van der Waals surface area contributed by atoms with Gasteiger partial charge in [0.15, 0.2) is 0 Å². The molecule has 0 amide bonds. The molecule has 0 unspecified atom stereocenters. The Labute approximate surface area is 372 Å². The predicted octanol–water partition coefficient (Wildman–Crippen LogP) is 17.0. The maximum atomic E-state index is 5.50. The van der Waals surface area contributed by atoms with E-state index in [2.05, 4.69) is 241 Å². The SMILES string of the molecule is C/C=C\C=C/c1cccc(-c2c3ccccc3c(-c3cccc4ccccc34)c3ccc(-c4ccc5c(c4)c4ccccc4n4c(-c6ccccc6)c(-c6ccccc6)nc54)cc23)c1. The monoisotopic (exact) mass is 814 g/mol. The normalized spacial score (nSPS) is 12.0. The summed E-state index contributed by atoms with van der Waals surface area (Å²) in [6.45, 7) is 2.05. The summed E-state index contributed by atoms with van der Waals surface area (Å²) < 4.78 is 2.37. The minimum atomic E-state index is 0.952. The fourth-order valence-electron chi connectivity index (χ4n) is 10.0. The van der Waals surface area contributed by atoms with Crippen molar-refractivity contribution in [2.24, 2.45) is 0 Å². The smallest absolute Gasteiger partial charge is 0.146 e. The summed E-state index contributed by atoms with van der Waals surface area (Å²) in [5.41, 5.74) is 14.8. The third-order valence-electron chi connectivity index (χ3n) is 12.9. The van der Waals surface area contributed by atoms with E-state index >= 15 is 0 Å². The van der Waals surface area contributed by atoms with Crippen LogP contribution in [0.5, 0.6) is 0 Å². The Morgan fingerprint density at radius 3 is 1.77 bits per heavy atom. The Hall–Kier alpha value is -8.33. The van der Waals surface area contributed by atoms with Crippen molar-refractivity contribution in [1.29, 1.82) is 0 Å². The second kappa shape index (κ2) is 15.5. The number of hydrogen-bond acceptors (Lipinski definition) is 1. The van der Waals surface area contributed by atoms with Crippen LogP contribution in [-0.2, 0) is 0 Å². The van der Waals surface area contributed by atoms with E-state index in [0.717, 1.165) is 44.6 Å². The molecule has 0 spiro atoms. The molecule has 0 atom stereocenters. The van der Waals surface area contributed by atoms with Gasteiger partial charge in [0.2, 0.25) is 0 Å². The number of para-hydroxylation sites is 1. The fraction of sp³-hybridized carbons (Fsp3) is 0.0161. The molecule has 0 bridgehead atoms. The lowest BCUT2D eigenvalue weighted by Gasteiger charge is -2.20. The highest BCUT2D eigenvalue weighted by molar-refractivity contribution is 6.24. The summed E-state index contributed by atoms with van der Waals surface area (Å²) in [5.74, 6) is 0. The van der Waals surface area contributed by atoms with Gasteiger partial charge in [-0.1, -0.05) is 206 Å². The summed E-state index contributed by atoms with van der Waals surface area (Å²) in [6, 6.07) is 77.6. The first kappa shape index (κ1) is 37.4. The molecule has 0 radical (unpaired) electrons. The lowest BCUT2D eigenvalue weighted by atomic mass is 9.83. The number of nitrogens with zero attached hydrogens (tertiary/aromatic N) is 2. The molecule has 2 heterocycles. The highest BCUT2D eigenvalue weighted by atomic mass is 15.0. The van der Waals surface area contributed by atoms with E-state index in [1.807, 2.05) is 6.92 Å². The number of aromatic nitrogens is 2. The van der Waals surface area contributed by atoms with Crippen LogP contribution in [0.1, 0.15) is 12.5 Å². The molecule has 0 N–H and O–H groups in total. The molecule has 12 rings (SSSR count). The molecule has 0 saturated heterocycles. The number of pyridine rings is 1. The maximum absolute atomic E-state index is 5.50. The molecule has 0 aliphatic rings. The molecule has 2 aromatic heterocycles. The van der Waals surface area contributed by atoms with Crippen molar-refractivity contribution in [2.45, 2.75) is 6.92 Å². The molecule has 0 aliphatic heterocycles. The Balaban J connectivity index is 1.14. The van der Waals surface area contributed by atoms with Crippen molar-refractivity contribution < 1.29 is 0 Å². The van der Waals surface area contributed by atoms with Crippen LogP contribution in [0.3, 0.4) is 0 Å². The fourth-order valence-corrected chi connectivity index (χ4v) is 10.0. The van der Waals surface area contributed by atoms with Crippen LogP contribution in [0.4, 0.5) is 0 Å². The largest absolute Gasteiger partial charge is 0.291 e. The van der Waals surface area contributed by atoms with Gasteiger partial charge in [-0.2, -0.15) is 0 Å². The van der Waals surface area contributed by atoms with Gasteiger partial charge in [0.1, 0.15) is 5.65 Å². The van der Waals surface area contributed by atoms with E-state index < -0.39 is 0 Å². The summed E-state index contributed by atoms with van der Waals surface area (Å²) in [4.78, 5) is 5.50. The van der Waals surface area contributed by atoms with Crippen LogP contribution >= 0.6 is 0 Å². The molecular weight excluding hydrogens is 773 g/mol. The first-order valence-corrected chi connectivity index (χ1v) is 22.1. The van der Waals surface area contributed by atoms with E-state index in [0.29, 0.717) is 0 Å². The topological polar surface area (TPSA) is 17.3 Å². The van der Waals surface area contributed by atoms with Gasteiger partial charge < -0.3 is 0 Å². The third-order valence-corrected chi connectivity index (χ3v) is 12.9. The van der Waals surface area contributed by atoms with E-state index in [-0.39, 0.29) is 0 Å². The molecule has 12 aromatic rings. The van der Waals surface area contributed by atoms with E-state index in [4.69, 9.17) is 4.98 Å². The zero-order valence-electron chi connectivity index (χ0n) is 35.4. The maximum Gasteiger partial charge on any atom is 0.146 e. The summed E-state index contributed by atoms with van der Waals surface area (Å²) in [6.07, 6.45) is 8.44. The number of allylic oxidation sites excluding steroid dienone is 3. The number of hydrogen-bond donors (Lipinski definition) is 0. The minimum absolute atomic E-state index is 0.952. The first-order valence-electron chi connectivity index (χ1n) is 22.1. The number of fused-ring (bicyclic) bond motifs is 9. The lowest BCUT2D eigenvalue weighted by Crippen LogP contribution is -1.95. The molecular formula is C62H42N2. The zero-order chi connectivity index (χ0) is 42.6. The van der Waals surface area contributed by atoms with Crippen molar-refractivity contribution in [3.05, 3.63) is 236 Å². The van der Waals surface area contributed by atoms with Crippen LogP contribution < -0.4 is 0 Å². The van der Waals surface area contributed by atoms with Crippen LogP contribution in [-0.4, -0.2) is 9.38 Å². The van der Waals surface area contributed by atoms with E-state index in [1.165, 1.54) is 76.5 Å². The van der Waals surface area contributed by atoms with Gasteiger partial charge in [-0.15, -0.1) is 0 Å². The number of imidazole rings is 1. The molecule has 64 heavy (non-hydrogen) atoms. The average Bonchev–Trinajstić information content (AvgIpc) is 3.77. The second-order valence-electron chi connectivity index (χ2n) is 16.6. The molecule has 0 saturated carbocycles. The first-order chi connectivity index (χ1) is 31.7. The number of rotatable bonds is 7. The van der Waals surface area contributed by atoms with Crippen molar-refractivity contribution in [1.82, 2.24) is 9.38 Å². The molecule has 10 aromatic carbocycles. The van der Waals surface area contributed by atoms with Crippen LogP contribution in [0.2, 0.25) is 0 Å². The summed E-state index contributed by atoms with van der Waals surface area (Å²) >= 11 is 0. The van der Waals surface area contributed by atoms with Gasteiger partial charge in [0, 0.05) is 21.9 Å². The molecule has 2 nitrogen and oxygen atoms in total. The number of benzene rings is 10. The van der Waals surface area contributed by atoms with Crippen LogP contribution in [0.25, 0.3) is 122 Å². The third kappa shape index (κ3) is 6.14. The summed E-state index contributed by atoms with van der Waals surface area (Å²) in [5, 5.41) is 10.9. The Bertz CT molecular complexity index is 3830. The van der Waals surface area contributed by atoms with Crippen molar-refractivity contribution in [3.63, 3.8) is 0 Å². The second-order valence-corrected chi connectivity index (χ2v) is 16.6. The van der Waals surface area contributed by atoms with Crippen molar-refractivity contribution in [3.8, 4) is 55.9 Å². The van der Waals surface area contributed by atoms with Gasteiger partial charge in [0.05, 0.1) is 16.9 Å². The Kier molecular flexibility index (Phi) is 9.09. The van der Waals surface area contributed by atoms with Gasteiger partial charge in [-0.3, -0.25) is 4.40 Å². The van der Waals surface area contributed by atoms with Gasteiger partial charge in [-0.05, 0) is 114 Å². The van der Waals surface area contributed by atoms with Gasteiger partial charge >= 0.3 is 0 Å². The quantitative estimate of drug-likeness (QED) is 0.0890. The molecule has 0 fully saturated rings. The van der Waals surface area contributed by atoms with Gasteiger partial charge in [-0.25, -0.2) is 4.98 Å². The lowest BCUT2D eigenvalue weighted by molar-refractivity contribution is 1.27. The van der Waals surface area contributed by atoms with Gasteiger partial charge in [0.25, 0.3) is 0 Å². The zero-order valence-corrected chi connectivity index (χ0v) is 35.4. The predicted molar refractivity (Wildman–Crippen MR) is 274 cm³/mol. The van der Waals surface area contributed by atoms with E-state index in [1.54, 1.807) is 0 Å². The minimum Gasteiger partial charge on any atom is -0.291 e. The Morgan fingerprint density at radius 2 is 0.984 bits per heavy atom. The highest BCUT2D eigenvalue weighted by Crippen LogP contribution is 2.47. The molecule has 2 heteroatoms. The molecule has 0 aliphatic carbocycles.